The molecule has 0 bridgehead atoms. The number of benzene rings is 1. The van der Waals surface area contributed by atoms with E-state index >= 15 is 0 Å². The SMILES string of the molecule is CCCCCCCC(=O)N(CC(=O)N1CCCCC1c1nc(-c2cccc(Cl)c2)no1)C(C)C. The highest BCUT2D eigenvalue weighted by Crippen LogP contribution is 2.32. The van der Waals surface area contributed by atoms with Crippen molar-refractivity contribution in [1.82, 2.24) is 19.9 Å². The maximum atomic E-state index is 13.4. The third-order valence-corrected chi connectivity index (χ3v) is 6.61. The number of halogens is 1. The van der Waals surface area contributed by atoms with Gasteiger partial charge in [0.2, 0.25) is 23.5 Å². The van der Waals surface area contributed by atoms with Crippen molar-refractivity contribution in [3.8, 4) is 11.4 Å². The zero-order valence-corrected chi connectivity index (χ0v) is 21.4. The maximum Gasteiger partial charge on any atom is 0.249 e. The number of hydrogen-bond donors (Lipinski definition) is 0. The summed E-state index contributed by atoms with van der Waals surface area (Å²) in [6, 6.07) is 6.98. The van der Waals surface area contributed by atoms with Crippen LogP contribution in [-0.2, 0) is 9.59 Å². The van der Waals surface area contributed by atoms with Gasteiger partial charge in [-0.2, -0.15) is 4.98 Å². The van der Waals surface area contributed by atoms with Gasteiger partial charge in [-0.15, -0.1) is 0 Å². The van der Waals surface area contributed by atoms with Crippen molar-refractivity contribution in [2.45, 2.75) is 90.6 Å². The van der Waals surface area contributed by atoms with Gasteiger partial charge in [-0.3, -0.25) is 9.59 Å². The van der Waals surface area contributed by atoms with Crippen molar-refractivity contribution in [3.63, 3.8) is 0 Å². The highest BCUT2D eigenvalue weighted by molar-refractivity contribution is 6.30. The number of carbonyl (C=O) groups excluding carboxylic acids is 2. The van der Waals surface area contributed by atoms with E-state index in [4.69, 9.17) is 16.1 Å². The molecule has 3 rings (SSSR count). The van der Waals surface area contributed by atoms with E-state index < -0.39 is 0 Å². The van der Waals surface area contributed by atoms with E-state index in [2.05, 4.69) is 17.1 Å². The predicted octanol–water partition coefficient (Wildman–Crippen LogP) is 6.04. The van der Waals surface area contributed by atoms with Gasteiger partial charge in [0.05, 0.1) is 6.54 Å². The number of rotatable bonds is 11. The summed E-state index contributed by atoms with van der Waals surface area (Å²) in [4.78, 5) is 34.3. The summed E-state index contributed by atoms with van der Waals surface area (Å²) in [5.41, 5.74) is 0.770. The Labute approximate surface area is 207 Å². The number of hydrogen-bond acceptors (Lipinski definition) is 5. The molecule has 1 aliphatic heterocycles. The van der Waals surface area contributed by atoms with E-state index in [-0.39, 0.29) is 30.4 Å². The molecule has 2 heterocycles. The van der Waals surface area contributed by atoms with Crippen LogP contribution < -0.4 is 0 Å². The molecule has 7 nitrogen and oxygen atoms in total. The van der Waals surface area contributed by atoms with E-state index in [1.165, 1.54) is 12.8 Å². The molecule has 2 aromatic rings. The number of amides is 2. The Morgan fingerprint density at radius 2 is 2.00 bits per heavy atom. The summed E-state index contributed by atoms with van der Waals surface area (Å²) in [6.45, 7) is 6.81. The van der Waals surface area contributed by atoms with Crippen LogP contribution in [0.2, 0.25) is 5.02 Å². The summed E-state index contributed by atoms with van der Waals surface area (Å²) in [6.07, 6.45) is 8.61. The molecule has 186 valence electrons. The van der Waals surface area contributed by atoms with Gasteiger partial charge in [0.25, 0.3) is 0 Å². The molecule has 1 saturated heterocycles. The first-order valence-electron chi connectivity index (χ1n) is 12.6. The standard InChI is InChI=1S/C26H37ClN4O3/c1-4-5-6-7-8-15-23(32)31(19(2)3)18-24(33)30-16-10-9-14-22(30)26-28-25(29-34-26)20-12-11-13-21(27)17-20/h11-13,17,19,22H,4-10,14-16,18H2,1-3H3. The lowest BCUT2D eigenvalue weighted by Gasteiger charge is -2.36. The smallest absolute Gasteiger partial charge is 0.249 e. The van der Waals surface area contributed by atoms with Crippen molar-refractivity contribution >= 4 is 23.4 Å². The van der Waals surface area contributed by atoms with Gasteiger partial charge in [0.15, 0.2) is 0 Å². The Morgan fingerprint density at radius 1 is 1.21 bits per heavy atom. The zero-order chi connectivity index (χ0) is 24.5. The zero-order valence-electron chi connectivity index (χ0n) is 20.6. The van der Waals surface area contributed by atoms with Crippen molar-refractivity contribution < 1.29 is 14.1 Å². The summed E-state index contributed by atoms with van der Waals surface area (Å²) in [7, 11) is 0. The highest BCUT2D eigenvalue weighted by Gasteiger charge is 2.34. The molecule has 0 saturated carbocycles. The molecule has 8 heteroatoms. The van der Waals surface area contributed by atoms with Gasteiger partial charge < -0.3 is 14.3 Å². The lowest BCUT2D eigenvalue weighted by atomic mass is 10.0. The van der Waals surface area contributed by atoms with Gasteiger partial charge in [0.1, 0.15) is 6.04 Å². The molecule has 1 aromatic heterocycles. The van der Waals surface area contributed by atoms with Crippen LogP contribution in [0.15, 0.2) is 28.8 Å². The van der Waals surface area contributed by atoms with Gasteiger partial charge in [-0.05, 0) is 51.7 Å². The van der Waals surface area contributed by atoms with E-state index in [9.17, 15) is 9.59 Å². The molecule has 0 spiro atoms. The van der Waals surface area contributed by atoms with Crippen LogP contribution in [0.1, 0.15) is 90.5 Å². The fraction of sp³-hybridized carbons (Fsp3) is 0.615. The quantitative estimate of drug-likeness (QED) is 0.360. The molecule has 1 unspecified atom stereocenters. The number of likely N-dealkylation sites (tertiary alicyclic amines) is 1. The number of piperidine rings is 1. The molecule has 1 aromatic carbocycles. The second-order valence-electron chi connectivity index (χ2n) is 9.34. The molecule has 1 aliphatic rings. The molecule has 0 aliphatic carbocycles. The van der Waals surface area contributed by atoms with Crippen LogP contribution in [0.4, 0.5) is 0 Å². The van der Waals surface area contributed by atoms with Gasteiger partial charge in [-0.25, -0.2) is 0 Å². The fourth-order valence-corrected chi connectivity index (χ4v) is 4.61. The largest absolute Gasteiger partial charge is 0.337 e. The number of carbonyl (C=O) groups is 2. The minimum Gasteiger partial charge on any atom is -0.337 e. The van der Waals surface area contributed by atoms with Crippen LogP contribution in [0.5, 0.6) is 0 Å². The first kappa shape index (κ1) is 26.2. The van der Waals surface area contributed by atoms with Crippen molar-refractivity contribution in [2.24, 2.45) is 0 Å². The minimum atomic E-state index is -0.278. The third kappa shape index (κ3) is 7.05. The Bertz CT molecular complexity index is 946. The topological polar surface area (TPSA) is 79.5 Å². The van der Waals surface area contributed by atoms with Crippen LogP contribution in [0.3, 0.4) is 0 Å². The van der Waals surface area contributed by atoms with Gasteiger partial charge in [-0.1, -0.05) is 61.5 Å². The summed E-state index contributed by atoms with van der Waals surface area (Å²) >= 11 is 6.10. The second-order valence-corrected chi connectivity index (χ2v) is 9.78. The highest BCUT2D eigenvalue weighted by atomic mass is 35.5. The maximum absolute atomic E-state index is 13.4. The van der Waals surface area contributed by atoms with E-state index in [0.29, 0.717) is 29.7 Å². The predicted molar refractivity (Wildman–Crippen MR) is 133 cm³/mol. The Morgan fingerprint density at radius 3 is 2.74 bits per heavy atom. The molecule has 2 amide bonds. The lowest BCUT2D eigenvalue weighted by molar-refractivity contribution is -0.144. The van der Waals surface area contributed by atoms with Crippen LogP contribution in [0, 0.1) is 0 Å². The van der Waals surface area contributed by atoms with E-state index in [0.717, 1.165) is 44.1 Å². The number of nitrogens with zero attached hydrogens (tertiary/aromatic N) is 4. The average Bonchev–Trinajstić information content (AvgIpc) is 3.32. The normalized spacial score (nSPS) is 16.1. The molecular formula is C26H37ClN4O3. The number of aromatic nitrogens is 2. The molecule has 0 radical (unpaired) electrons. The van der Waals surface area contributed by atoms with Crippen molar-refractivity contribution in [2.75, 3.05) is 13.1 Å². The van der Waals surface area contributed by atoms with Crippen LogP contribution in [-0.4, -0.2) is 50.9 Å². The molecule has 1 fully saturated rings. The summed E-state index contributed by atoms with van der Waals surface area (Å²) < 4.78 is 5.59. The summed E-state index contributed by atoms with van der Waals surface area (Å²) in [5, 5.41) is 4.72. The minimum absolute atomic E-state index is 0.0341. The second kappa shape index (κ2) is 12.9. The first-order valence-corrected chi connectivity index (χ1v) is 13.0. The van der Waals surface area contributed by atoms with Gasteiger partial charge in [0, 0.05) is 29.6 Å². The van der Waals surface area contributed by atoms with Gasteiger partial charge >= 0.3 is 0 Å². The molecular weight excluding hydrogens is 452 g/mol. The Balaban J connectivity index is 1.66. The Hall–Kier alpha value is -2.41. The van der Waals surface area contributed by atoms with Crippen molar-refractivity contribution in [1.29, 1.82) is 0 Å². The van der Waals surface area contributed by atoms with Crippen molar-refractivity contribution in [3.05, 3.63) is 35.2 Å². The van der Waals surface area contributed by atoms with E-state index in [1.54, 1.807) is 17.0 Å². The van der Waals surface area contributed by atoms with Crippen LogP contribution in [0.25, 0.3) is 11.4 Å². The lowest BCUT2D eigenvalue weighted by Crippen LogP contribution is -2.48. The molecule has 1 atom stereocenters. The molecule has 34 heavy (non-hydrogen) atoms. The fourth-order valence-electron chi connectivity index (χ4n) is 4.42. The Kier molecular flexibility index (Phi) is 9.93. The number of unbranched alkanes of at least 4 members (excludes halogenated alkanes) is 4. The monoisotopic (exact) mass is 488 g/mol. The third-order valence-electron chi connectivity index (χ3n) is 6.38. The first-order chi connectivity index (χ1) is 16.4. The summed E-state index contributed by atoms with van der Waals surface area (Å²) in [5.74, 6) is 0.869. The van der Waals surface area contributed by atoms with Crippen LogP contribution >= 0.6 is 11.6 Å². The van der Waals surface area contributed by atoms with E-state index in [1.807, 2.05) is 30.9 Å². The molecule has 0 N–H and O–H groups in total. The average molecular weight is 489 g/mol.